The summed E-state index contributed by atoms with van der Waals surface area (Å²) in [5.74, 6) is 0.836. The highest BCUT2D eigenvalue weighted by Crippen LogP contribution is 2.53. The standard InChI is InChI=1S/C20H26O4/c1-12-15-5-4-6-18(22)20(15,2)11-14(19(12)23)9-13-7-8-16(21)17(10-13)24-3/h7-10,12,15,18,21-22H,4-6,11H2,1-3H3/t12?,15?,18-,20-/m0/s1. The van der Waals surface area contributed by atoms with Crippen molar-refractivity contribution < 1.29 is 19.7 Å². The predicted octanol–water partition coefficient (Wildman–Crippen LogP) is 3.56. The lowest BCUT2D eigenvalue weighted by Crippen LogP contribution is -2.51. The minimum atomic E-state index is -0.357. The zero-order valence-electron chi connectivity index (χ0n) is 14.6. The third-order valence-electron chi connectivity index (χ3n) is 6.05. The van der Waals surface area contributed by atoms with Crippen LogP contribution in [0.2, 0.25) is 0 Å². The van der Waals surface area contributed by atoms with E-state index in [1.807, 2.05) is 13.0 Å². The number of aliphatic hydroxyl groups is 1. The molecule has 0 bridgehead atoms. The predicted molar refractivity (Wildman–Crippen MR) is 92.9 cm³/mol. The number of ketones is 1. The molecule has 2 aliphatic carbocycles. The molecule has 2 N–H and O–H groups in total. The number of rotatable bonds is 2. The molecule has 4 nitrogen and oxygen atoms in total. The van der Waals surface area contributed by atoms with Gasteiger partial charge in [-0.15, -0.1) is 0 Å². The molecule has 0 radical (unpaired) electrons. The molecule has 24 heavy (non-hydrogen) atoms. The molecule has 2 aliphatic rings. The van der Waals surface area contributed by atoms with Gasteiger partial charge >= 0.3 is 0 Å². The van der Waals surface area contributed by atoms with E-state index in [-0.39, 0.29) is 34.9 Å². The number of phenols is 1. The first-order valence-corrected chi connectivity index (χ1v) is 8.66. The number of hydrogen-bond acceptors (Lipinski definition) is 4. The van der Waals surface area contributed by atoms with Gasteiger partial charge in [0.05, 0.1) is 13.2 Å². The maximum atomic E-state index is 12.8. The summed E-state index contributed by atoms with van der Waals surface area (Å²) in [6, 6.07) is 5.07. The summed E-state index contributed by atoms with van der Waals surface area (Å²) < 4.78 is 5.14. The third-order valence-corrected chi connectivity index (χ3v) is 6.05. The SMILES string of the molecule is COc1cc(C=C2C[C@@]3(C)C(CCC[C@@H]3O)C(C)C2=O)ccc1O. The van der Waals surface area contributed by atoms with Crippen LogP contribution >= 0.6 is 0 Å². The summed E-state index contributed by atoms with van der Waals surface area (Å²) in [4.78, 5) is 12.8. The molecule has 0 heterocycles. The van der Waals surface area contributed by atoms with Crippen LogP contribution in [0.4, 0.5) is 0 Å². The Labute approximate surface area is 143 Å². The number of methoxy groups -OCH3 is 1. The van der Waals surface area contributed by atoms with Crippen molar-refractivity contribution in [2.75, 3.05) is 7.11 Å². The fraction of sp³-hybridized carbons (Fsp3) is 0.550. The van der Waals surface area contributed by atoms with E-state index in [9.17, 15) is 15.0 Å². The van der Waals surface area contributed by atoms with E-state index < -0.39 is 0 Å². The Morgan fingerprint density at radius 2 is 2.08 bits per heavy atom. The van der Waals surface area contributed by atoms with E-state index in [1.165, 1.54) is 7.11 Å². The van der Waals surface area contributed by atoms with Gasteiger partial charge < -0.3 is 14.9 Å². The molecule has 130 valence electrons. The molecule has 0 aliphatic heterocycles. The van der Waals surface area contributed by atoms with Gasteiger partial charge in [-0.25, -0.2) is 0 Å². The first-order chi connectivity index (χ1) is 11.4. The number of allylic oxidation sites excluding steroid dienone is 1. The van der Waals surface area contributed by atoms with Crippen LogP contribution in [0.5, 0.6) is 11.5 Å². The van der Waals surface area contributed by atoms with E-state index in [0.29, 0.717) is 12.2 Å². The molecule has 0 spiro atoms. The number of aliphatic hydroxyl groups excluding tert-OH is 1. The van der Waals surface area contributed by atoms with E-state index in [0.717, 1.165) is 30.4 Å². The van der Waals surface area contributed by atoms with E-state index in [1.54, 1.807) is 18.2 Å². The lowest BCUT2D eigenvalue weighted by atomic mass is 9.54. The highest BCUT2D eigenvalue weighted by molar-refractivity contribution is 6.02. The maximum Gasteiger partial charge on any atom is 0.161 e. The smallest absolute Gasteiger partial charge is 0.161 e. The van der Waals surface area contributed by atoms with Crippen molar-refractivity contribution in [2.45, 2.75) is 45.6 Å². The highest BCUT2D eigenvalue weighted by atomic mass is 16.5. The fourth-order valence-electron chi connectivity index (χ4n) is 4.59. The van der Waals surface area contributed by atoms with E-state index in [2.05, 4.69) is 6.92 Å². The van der Waals surface area contributed by atoms with Gasteiger partial charge in [0.2, 0.25) is 0 Å². The average molecular weight is 330 g/mol. The molecular formula is C20H26O4. The lowest BCUT2D eigenvalue weighted by Gasteiger charge is -2.51. The van der Waals surface area contributed by atoms with Crippen LogP contribution < -0.4 is 4.74 Å². The summed E-state index contributed by atoms with van der Waals surface area (Å²) in [6.07, 6.45) is 4.95. The van der Waals surface area contributed by atoms with E-state index >= 15 is 0 Å². The minimum absolute atomic E-state index is 0.0658. The number of benzene rings is 1. The Balaban J connectivity index is 1.97. The van der Waals surface area contributed by atoms with Gasteiger partial charge in [0.1, 0.15) is 0 Å². The molecule has 4 heteroatoms. The first-order valence-electron chi connectivity index (χ1n) is 8.66. The monoisotopic (exact) mass is 330 g/mol. The highest BCUT2D eigenvalue weighted by Gasteiger charge is 2.51. The topological polar surface area (TPSA) is 66.8 Å². The number of Topliss-reactive ketones (excluding diaryl/α,β-unsaturated/α-hetero) is 1. The first kappa shape index (κ1) is 17.0. The van der Waals surface area contributed by atoms with Gasteiger partial charge in [-0.05, 0) is 54.5 Å². The quantitative estimate of drug-likeness (QED) is 0.814. The molecule has 1 aromatic carbocycles. The fourth-order valence-corrected chi connectivity index (χ4v) is 4.59. The summed E-state index contributed by atoms with van der Waals surface area (Å²) >= 11 is 0. The van der Waals surface area contributed by atoms with Crippen molar-refractivity contribution in [2.24, 2.45) is 17.3 Å². The van der Waals surface area contributed by atoms with Crippen molar-refractivity contribution in [3.63, 3.8) is 0 Å². The van der Waals surface area contributed by atoms with Gasteiger partial charge in [-0.2, -0.15) is 0 Å². The molecular weight excluding hydrogens is 304 g/mol. The Kier molecular flexibility index (Phi) is 4.43. The molecule has 1 aromatic rings. The van der Waals surface area contributed by atoms with Gasteiger partial charge in [-0.3, -0.25) is 4.79 Å². The molecule has 3 rings (SSSR count). The number of carbonyl (C=O) groups is 1. The van der Waals surface area contributed by atoms with Gasteiger partial charge in [0.25, 0.3) is 0 Å². The van der Waals surface area contributed by atoms with Crippen LogP contribution in [0.25, 0.3) is 6.08 Å². The molecule has 2 saturated carbocycles. The number of carbonyl (C=O) groups excluding carboxylic acids is 1. The van der Waals surface area contributed by atoms with Crippen molar-refractivity contribution >= 4 is 11.9 Å². The Bertz CT molecular complexity index is 678. The van der Waals surface area contributed by atoms with Crippen molar-refractivity contribution in [3.8, 4) is 11.5 Å². The largest absolute Gasteiger partial charge is 0.504 e. The van der Waals surface area contributed by atoms with Crippen molar-refractivity contribution in [3.05, 3.63) is 29.3 Å². The van der Waals surface area contributed by atoms with Crippen molar-refractivity contribution in [1.82, 2.24) is 0 Å². The van der Waals surface area contributed by atoms with Crippen LogP contribution in [0, 0.1) is 17.3 Å². The summed E-state index contributed by atoms with van der Waals surface area (Å²) in [6.45, 7) is 4.11. The maximum absolute atomic E-state index is 12.8. The molecule has 2 unspecified atom stereocenters. The van der Waals surface area contributed by atoms with Gasteiger partial charge in [0.15, 0.2) is 17.3 Å². The van der Waals surface area contributed by atoms with Gasteiger partial charge in [-0.1, -0.05) is 26.3 Å². The van der Waals surface area contributed by atoms with Crippen LogP contribution in [-0.4, -0.2) is 29.2 Å². The number of hydrogen-bond donors (Lipinski definition) is 2. The molecule has 0 aromatic heterocycles. The van der Waals surface area contributed by atoms with Crippen molar-refractivity contribution in [1.29, 1.82) is 0 Å². The third kappa shape index (κ3) is 2.73. The second-order valence-electron chi connectivity index (χ2n) is 7.49. The van der Waals surface area contributed by atoms with Crippen LogP contribution in [0.3, 0.4) is 0 Å². The molecule has 2 fully saturated rings. The second kappa shape index (κ2) is 6.25. The summed E-state index contributed by atoms with van der Waals surface area (Å²) in [5.41, 5.74) is 1.35. The number of aromatic hydroxyl groups is 1. The average Bonchev–Trinajstić information content (AvgIpc) is 2.56. The summed E-state index contributed by atoms with van der Waals surface area (Å²) in [7, 11) is 1.50. The Hall–Kier alpha value is -1.81. The van der Waals surface area contributed by atoms with Crippen LogP contribution in [0.1, 0.15) is 45.1 Å². The normalized spacial score (nSPS) is 34.9. The number of ether oxygens (including phenoxy) is 1. The second-order valence-corrected chi connectivity index (χ2v) is 7.49. The number of fused-ring (bicyclic) bond motifs is 1. The minimum Gasteiger partial charge on any atom is -0.504 e. The summed E-state index contributed by atoms with van der Waals surface area (Å²) in [5, 5.41) is 20.3. The van der Waals surface area contributed by atoms with Crippen LogP contribution in [-0.2, 0) is 4.79 Å². The Morgan fingerprint density at radius 1 is 1.33 bits per heavy atom. The molecule has 0 amide bonds. The Morgan fingerprint density at radius 3 is 2.79 bits per heavy atom. The molecule has 4 atom stereocenters. The molecule has 0 saturated heterocycles. The lowest BCUT2D eigenvalue weighted by molar-refractivity contribution is -0.133. The zero-order valence-corrected chi connectivity index (χ0v) is 14.6. The van der Waals surface area contributed by atoms with Crippen LogP contribution in [0.15, 0.2) is 23.8 Å². The zero-order chi connectivity index (χ0) is 17.5. The number of phenolic OH excluding ortho intramolecular Hbond substituents is 1. The van der Waals surface area contributed by atoms with E-state index in [4.69, 9.17) is 4.74 Å². The van der Waals surface area contributed by atoms with Gasteiger partial charge in [0, 0.05) is 11.3 Å².